The summed E-state index contributed by atoms with van der Waals surface area (Å²) in [5, 5.41) is 3.20. The molecule has 1 aromatic heterocycles. The number of rotatable bonds is 3. The van der Waals surface area contributed by atoms with Gasteiger partial charge in [-0.25, -0.2) is 9.78 Å². The normalized spacial score (nSPS) is 18.6. The first-order valence-corrected chi connectivity index (χ1v) is 12.5. The zero-order valence-corrected chi connectivity index (χ0v) is 22.7. The molecule has 0 bridgehead atoms. The molecule has 1 aromatic carbocycles. The van der Waals surface area contributed by atoms with Crippen LogP contribution in [0.5, 0.6) is 0 Å². The maximum atomic E-state index is 13.1. The Morgan fingerprint density at radius 3 is 2.42 bits per heavy atom. The Hall–Kier alpha value is -2.62. The molecule has 0 radical (unpaired) electrons. The second-order valence-corrected chi connectivity index (χ2v) is 11.6. The predicted octanol–water partition coefficient (Wildman–Crippen LogP) is 4.58. The van der Waals surface area contributed by atoms with Crippen molar-refractivity contribution in [1.82, 2.24) is 9.88 Å². The van der Waals surface area contributed by atoms with Crippen LogP contribution in [0.4, 0.5) is 10.5 Å². The van der Waals surface area contributed by atoms with Crippen molar-refractivity contribution in [1.29, 1.82) is 0 Å². The average molecular weight is 514 g/mol. The van der Waals surface area contributed by atoms with Gasteiger partial charge in [0, 0.05) is 12.0 Å². The highest BCUT2D eigenvalue weighted by Gasteiger charge is 2.52. The molecule has 192 valence electrons. The minimum Gasteiger partial charge on any atom is -0.444 e. The lowest BCUT2D eigenvalue weighted by molar-refractivity contribution is 0.00578. The van der Waals surface area contributed by atoms with Crippen LogP contribution in [0.1, 0.15) is 70.2 Å². The molecular formula is C26H33BClN3O5. The van der Waals surface area contributed by atoms with Gasteiger partial charge in [0.05, 0.1) is 34.2 Å². The summed E-state index contributed by atoms with van der Waals surface area (Å²) >= 11 is 6.68. The van der Waals surface area contributed by atoms with Crippen LogP contribution in [0, 0.1) is 0 Å². The molecule has 1 fully saturated rings. The number of hydrogen-bond acceptors (Lipinski definition) is 6. The summed E-state index contributed by atoms with van der Waals surface area (Å²) in [4.78, 5) is 31.8. The number of ether oxygens (including phenoxy) is 1. The molecule has 10 heteroatoms. The van der Waals surface area contributed by atoms with Gasteiger partial charge in [0.2, 0.25) is 0 Å². The lowest BCUT2D eigenvalue weighted by atomic mass is 9.79. The van der Waals surface area contributed by atoms with Crippen LogP contribution in [-0.2, 0) is 27.0 Å². The molecule has 0 spiro atoms. The Balaban J connectivity index is 1.50. The van der Waals surface area contributed by atoms with Gasteiger partial charge in [-0.1, -0.05) is 29.8 Å². The highest BCUT2D eigenvalue weighted by atomic mass is 35.5. The van der Waals surface area contributed by atoms with E-state index in [0.29, 0.717) is 34.8 Å². The summed E-state index contributed by atoms with van der Waals surface area (Å²) in [5.41, 5.74) is 1.38. The van der Waals surface area contributed by atoms with E-state index in [-0.39, 0.29) is 12.2 Å². The maximum absolute atomic E-state index is 13.1. The van der Waals surface area contributed by atoms with E-state index in [4.69, 9.17) is 25.6 Å². The minimum absolute atomic E-state index is 0.233. The summed E-state index contributed by atoms with van der Waals surface area (Å²) < 4.78 is 17.7. The van der Waals surface area contributed by atoms with Crippen LogP contribution in [0.25, 0.3) is 0 Å². The summed E-state index contributed by atoms with van der Waals surface area (Å²) in [6.07, 6.45) is 0.252. The zero-order valence-electron chi connectivity index (χ0n) is 21.9. The van der Waals surface area contributed by atoms with E-state index in [2.05, 4.69) is 10.3 Å². The van der Waals surface area contributed by atoms with Crippen LogP contribution >= 0.6 is 11.6 Å². The number of anilines is 1. The first-order valence-electron chi connectivity index (χ1n) is 12.1. The molecule has 1 N–H and O–H groups in total. The number of pyridine rings is 1. The largest absolute Gasteiger partial charge is 0.496 e. The van der Waals surface area contributed by atoms with E-state index in [9.17, 15) is 9.59 Å². The summed E-state index contributed by atoms with van der Waals surface area (Å²) in [6, 6.07) is 8.90. The number of amides is 2. The number of halogens is 1. The molecule has 3 heterocycles. The Morgan fingerprint density at radius 2 is 1.78 bits per heavy atom. The van der Waals surface area contributed by atoms with E-state index < -0.39 is 35.9 Å². The molecule has 0 atom stereocenters. The van der Waals surface area contributed by atoms with Gasteiger partial charge < -0.3 is 24.3 Å². The van der Waals surface area contributed by atoms with Gasteiger partial charge in [0.1, 0.15) is 11.3 Å². The number of carbonyl (C=O) groups excluding carboxylic acids is 2. The maximum Gasteiger partial charge on any atom is 0.496 e. The monoisotopic (exact) mass is 513 g/mol. The van der Waals surface area contributed by atoms with Gasteiger partial charge in [-0.05, 0) is 72.6 Å². The highest BCUT2D eigenvalue weighted by molar-refractivity contribution is 6.66. The third-order valence-corrected chi connectivity index (χ3v) is 7.15. The smallest absolute Gasteiger partial charge is 0.444 e. The molecule has 1 saturated heterocycles. The molecule has 2 aliphatic rings. The number of aromatic nitrogens is 1. The van der Waals surface area contributed by atoms with Gasteiger partial charge in [0.25, 0.3) is 5.91 Å². The summed E-state index contributed by atoms with van der Waals surface area (Å²) in [5.74, 6) is -0.403. The predicted molar refractivity (Wildman–Crippen MR) is 140 cm³/mol. The fourth-order valence-corrected chi connectivity index (χ4v) is 4.27. The zero-order chi connectivity index (χ0) is 26.5. The molecule has 2 aromatic rings. The first-order chi connectivity index (χ1) is 16.7. The number of nitrogens with zero attached hydrogens (tertiary/aromatic N) is 2. The van der Waals surface area contributed by atoms with Crippen molar-refractivity contribution in [3.63, 3.8) is 0 Å². The van der Waals surface area contributed by atoms with Crippen LogP contribution in [0.3, 0.4) is 0 Å². The molecule has 2 amide bonds. The van der Waals surface area contributed by atoms with Crippen LogP contribution in [0.2, 0.25) is 5.02 Å². The van der Waals surface area contributed by atoms with Gasteiger partial charge in [-0.3, -0.25) is 4.79 Å². The minimum atomic E-state index is -0.653. The molecule has 0 saturated carbocycles. The van der Waals surface area contributed by atoms with Crippen molar-refractivity contribution in [3.8, 4) is 0 Å². The van der Waals surface area contributed by atoms with Crippen molar-refractivity contribution in [2.24, 2.45) is 0 Å². The lowest BCUT2D eigenvalue weighted by Crippen LogP contribution is -2.41. The van der Waals surface area contributed by atoms with Gasteiger partial charge >= 0.3 is 13.2 Å². The molecular weight excluding hydrogens is 481 g/mol. The van der Waals surface area contributed by atoms with Crippen molar-refractivity contribution in [2.75, 3.05) is 11.9 Å². The second-order valence-electron chi connectivity index (χ2n) is 11.2. The van der Waals surface area contributed by atoms with Crippen molar-refractivity contribution < 1.29 is 23.6 Å². The fourth-order valence-electron chi connectivity index (χ4n) is 4.00. The van der Waals surface area contributed by atoms with Crippen molar-refractivity contribution >= 4 is 41.9 Å². The molecule has 0 unspecified atom stereocenters. The number of nitrogens with one attached hydrogen (secondary N) is 1. The third-order valence-electron chi connectivity index (χ3n) is 6.73. The highest BCUT2D eigenvalue weighted by Crippen LogP contribution is 2.37. The fraction of sp³-hybridized carbons (Fsp3) is 0.500. The Morgan fingerprint density at radius 1 is 1.11 bits per heavy atom. The lowest BCUT2D eigenvalue weighted by Gasteiger charge is -2.32. The Kier molecular flexibility index (Phi) is 6.88. The van der Waals surface area contributed by atoms with E-state index in [1.807, 2.05) is 60.6 Å². The number of benzene rings is 1. The number of fused-ring (bicyclic) bond motifs is 1. The van der Waals surface area contributed by atoms with Crippen LogP contribution in [0.15, 0.2) is 30.3 Å². The van der Waals surface area contributed by atoms with Gasteiger partial charge in [0.15, 0.2) is 0 Å². The Labute approximate surface area is 217 Å². The van der Waals surface area contributed by atoms with Crippen molar-refractivity contribution in [3.05, 3.63) is 52.3 Å². The molecule has 2 aliphatic heterocycles. The average Bonchev–Trinajstić information content (AvgIpc) is 2.99. The Bertz CT molecular complexity index is 1180. The van der Waals surface area contributed by atoms with Gasteiger partial charge in [-0.15, -0.1) is 0 Å². The SMILES string of the molecule is CC(C)(C)OC(=O)N1CCc2ccc(C(=O)Nc3cccc(B4OC(C)(C)C(C)(C)O4)c3Cl)nc2C1. The second kappa shape index (κ2) is 9.36. The number of carbonyl (C=O) groups is 2. The summed E-state index contributed by atoms with van der Waals surface area (Å²) in [6.45, 7) is 14.2. The standard InChI is InChI=1S/C26H33BClN3O5/c1-24(2,3)34-23(33)31-14-13-16-11-12-19(29-20(16)15-31)22(32)30-18-10-8-9-17(21(18)28)27-35-25(4,5)26(6,7)36-27/h8-12H,13-15H2,1-7H3,(H,30,32). The third kappa shape index (κ3) is 5.38. The van der Waals surface area contributed by atoms with Crippen LogP contribution in [-0.4, -0.2) is 52.4 Å². The number of hydrogen-bond donors (Lipinski definition) is 1. The van der Waals surface area contributed by atoms with E-state index >= 15 is 0 Å². The molecule has 0 aliphatic carbocycles. The van der Waals surface area contributed by atoms with E-state index in [1.165, 1.54) is 0 Å². The van der Waals surface area contributed by atoms with E-state index in [1.54, 1.807) is 23.1 Å². The molecule has 8 nitrogen and oxygen atoms in total. The quantitative estimate of drug-likeness (QED) is 0.604. The molecule has 36 heavy (non-hydrogen) atoms. The van der Waals surface area contributed by atoms with Gasteiger partial charge in [-0.2, -0.15) is 0 Å². The first kappa shape index (κ1) is 26.4. The van der Waals surface area contributed by atoms with E-state index in [0.717, 1.165) is 5.56 Å². The van der Waals surface area contributed by atoms with Crippen LogP contribution < -0.4 is 10.8 Å². The topological polar surface area (TPSA) is 90.0 Å². The summed E-state index contributed by atoms with van der Waals surface area (Å²) in [7, 11) is -0.653. The van der Waals surface area contributed by atoms with Crippen molar-refractivity contribution in [2.45, 2.75) is 78.2 Å². The molecule has 4 rings (SSSR count).